The summed E-state index contributed by atoms with van der Waals surface area (Å²) in [5.74, 6) is 0. The van der Waals surface area contributed by atoms with Gasteiger partial charge in [0.15, 0.2) is 0 Å². The second-order valence-electron chi connectivity index (χ2n) is 7.80. The monoisotopic (exact) mass is 390 g/mol. The number of hydrogen-bond acceptors (Lipinski definition) is 4. The first kappa shape index (κ1) is 18.0. The normalized spacial score (nSPS) is 18.2. The van der Waals surface area contributed by atoms with E-state index in [4.69, 9.17) is 9.72 Å². The van der Waals surface area contributed by atoms with E-state index in [1.54, 1.807) is 0 Å². The Labute approximate surface area is 171 Å². The van der Waals surface area contributed by atoms with E-state index in [2.05, 4.69) is 60.4 Å². The lowest BCUT2D eigenvalue weighted by molar-refractivity contribution is 0.0293. The van der Waals surface area contributed by atoms with Gasteiger partial charge in [0.1, 0.15) is 5.01 Å². The molecule has 3 nitrogen and oxygen atoms in total. The molecule has 2 aromatic carbocycles. The number of benzene rings is 2. The molecular weight excluding hydrogens is 364 g/mol. The molecule has 2 aliphatic heterocycles. The van der Waals surface area contributed by atoms with Gasteiger partial charge in [-0.2, -0.15) is 0 Å². The van der Waals surface area contributed by atoms with E-state index in [-0.39, 0.29) is 0 Å². The molecule has 0 amide bonds. The van der Waals surface area contributed by atoms with Crippen molar-refractivity contribution in [3.8, 4) is 21.7 Å². The third-order valence-corrected chi connectivity index (χ3v) is 7.23. The number of aromatic nitrogens is 1. The molecule has 0 bridgehead atoms. The molecule has 1 aromatic heterocycles. The molecule has 1 fully saturated rings. The molecule has 1 saturated heterocycles. The van der Waals surface area contributed by atoms with Crippen LogP contribution in [0.25, 0.3) is 21.7 Å². The van der Waals surface area contributed by atoms with Gasteiger partial charge in [-0.15, -0.1) is 11.3 Å². The number of fused-ring (bicyclic) bond motifs is 1. The van der Waals surface area contributed by atoms with E-state index < -0.39 is 0 Å². The molecule has 3 aromatic rings. The van der Waals surface area contributed by atoms with Crippen molar-refractivity contribution in [2.75, 3.05) is 19.8 Å². The number of hydrogen-bond donors (Lipinski definition) is 0. The maximum Gasteiger partial charge on any atom is 0.124 e. The first-order valence-corrected chi connectivity index (χ1v) is 11.1. The van der Waals surface area contributed by atoms with Crippen LogP contribution in [0.1, 0.15) is 29.0 Å². The Balaban J connectivity index is 1.44. The van der Waals surface area contributed by atoms with Crippen molar-refractivity contribution in [2.24, 2.45) is 0 Å². The maximum atomic E-state index is 5.55. The van der Waals surface area contributed by atoms with Crippen LogP contribution in [0.5, 0.6) is 0 Å². The smallest absolute Gasteiger partial charge is 0.124 e. The van der Waals surface area contributed by atoms with E-state index in [1.165, 1.54) is 50.7 Å². The van der Waals surface area contributed by atoms with E-state index >= 15 is 0 Å². The number of ether oxygens (including phenoxy) is 1. The highest BCUT2D eigenvalue weighted by atomic mass is 32.1. The SMILES string of the molecule is Cc1c(-c2ccccc2)cccc1-c1nc2c(s1)CN(C1CCOCC1)CC2. The highest BCUT2D eigenvalue weighted by Crippen LogP contribution is 2.37. The fraction of sp³-hybridized carbons (Fsp3) is 0.375. The summed E-state index contributed by atoms with van der Waals surface area (Å²) in [6.45, 7) is 6.23. The summed E-state index contributed by atoms with van der Waals surface area (Å²) in [6, 6.07) is 17.9. The first-order valence-electron chi connectivity index (χ1n) is 10.3. The topological polar surface area (TPSA) is 25.4 Å². The van der Waals surface area contributed by atoms with Gasteiger partial charge in [0, 0.05) is 49.2 Å². The summed E-state index contributed by atoms with van der Waals surface area (Å²) in [5.41, 5.74) is 6.48. The molecule has 0 unspecified atom stereocenters. The summed E-state index contributed by atoms with van der Waals surface area (Å²) in [4.78, 5) is 9.17. The number of rotatable bonds is 3. The maximum absolute atomic E-state index is 5.55. The Bertz CT molecular complexity index is 960. The van der Waals surface area contributed by atoms with E-state index in [9.17, 15) is 0 Å². The van der Waals surface area contributed by atoms with Gasteiger partial charge in [0.2, 0.25) is 0 Å². The van der Waals surface area contributed by atoms with Crippen LogP contribution in [0, 0.1) is 6.92 Å². The minimum Gasteiger partial charge on any atom is -0.381 e. The van der Waals surface area contributed by atoms with Crippen molar-refractivity contribution in [1.29, 1.82) is 0 Å². The second kappa shape index (κ2) is 7.78. The molecule has 0 saturated carbocycles. The summed E-state index contributed by atoms with van der Waals surface area (Å²) < 4.78 is 5.55. The predicted molar refractivity (Wildman–Crippen MR) is 116 cm³/mol. The molecule has 0 atom stereocenters. The molecule has 4 heteroatoms. The lowest BCUT2D eigenvalue weighted by atomic mass is 9.97. The van der Waals surface area contributed by atoms with Crippen molar-refractivity contribution in [3.05, 3.63) is 64.7 Å². The number of thiazole rings is 1. The fourth-order valence-electron chi connectivity index (χ4n) is 4.49. The molecule has 2 aliphatic rings. The summed E-state index contributed by atoms with van der Waals surface area (Å²) >= 11 is 1.89. The largest absolute Gasteiger partial charge is 0.381 e. The van der Waals surface area contributed by atoms with Crippen molar-refractivity contribution >= 4 is 11.3 Å². The molecule has 28 heavy (non-hydrogen) atoms. The third kappa shape index (κ3) is 3.41. The summed E-state index contributed by atoms with van der Waals surface area (Å²) in [5, 5.41) is 1.18. The highest BCUT2D eigenvalue weighted by molar-refractivity contribution is 7.15. The van der Waals surface area contributed by atoms with Crippen LogP contribution in [0.15, 0.2) is 48.5 Å². The zero-order valence-corrected chi connectivity index (χ0v) is 17.2. The van der Waals surface area contributed by atoms with Crippen molar-refractivity contribution in [1.82, 2.24) is 9.88 Å². The van der Waals surface area contributed by atoms with Gasteiger partial charge in [-0.25, -0.2) is 4.98 Å². The van der Waals surface area contributed by atoms with Crippen LogP contribution < -0.4 is 0 Å². The average Bonchev–Trinajstić information content (AvgIpc) is 3.18. The van der Waals surface area contributed by atoms with Crippen LogP contribution in [0.3, 0.4) is 0 Å². The van der Waals surface area contributed by atoms with E-state index in [0.29, 0.717) is 6.04 Å². The highest BCUT2D eigenvalue weighted by Gasteiger charge is 2.28. The van der Waals surface area contributed by atoms with Crippen molar-refractivity contribution in [3.63, 3.8) is 0 Å². The van der Waals surface area contributed by atoms with Gasteiger partial charge in [-0.05, 0) is 36.5 Å². The Morgan fingerprint density at radius 3 is 2.61 bits per heavy atom. The van der Waals surface area contributed by atoms with E-state index in [1.807, 2.05) is 11.3 Å². The van der Waals surface area contributed by atoms with Gasteiger partial charge in [0.05, 0.1) is 5.69 Å². The zero-order valence-electron chi connectivity index (χ0n) is 16.4. The molecule has 0 aliphatic carbocycles. The van der Waals surface area contributed by atoms with Crippen LogP contribution in [-0.4, -0.2) is 35.7 Å². The zero-order chi connectivity index (χ0) is 18.9. The molecule has 3 heterocycles. The Morgan fingerprint density at radius 1 is 1.00 bits per heavy atom. The Morgan fingerprint density at radius 2 is 1.79 bits per heavy atom. The van der Waals surface area contributed by atoms with Crippen LogP contribution >= 0.6 is 11.3 Å². The van der Waals surface area contributed by atoms with Crippen molar-refractivity contribution < 1.29 is 4.74 Å². The summed E-state index contributed by atoms with van der Waals surface area (Å²) in [7, 11) is 0. The van der Waals surface area contributed by atoms with Gasteiger partial charge < -0.3 is 4.74 Å². The fourth-order valence-corrected chi connectivity index (χ4v) is 5.71. The van der Waals surface area contributed by atoms with E-state index in [0.717, 1.165) is 32.7 Å². The molecule has 5 rings (SSSR count). The standard InChI is InChI=1S/C24H26N2OS/c1-17-20(18-6-3-2-4-7-18)8-5-9-21(17)24-25-22-10-13-26(16-23(22)28-24)19-11-14-27-15-12-19/h2-9,19H,10-16H2,1H3. The molecular formula is C24H26N2OS. The lowest BCUT2D eigenvalue weighted by Crippen LogP contribution is -2.42. The molecule has 0 spiro atoms. The molecule has 0 N–H and O–H groups in total. The second-order valence-corrected chi connectivity index (χ2v) is 8.88. The van der Waals surface area contributed by atoms with Gasteiger partial charge in [-0.3, -0.25) is 4.90 Å². The van der Waals surface area contributed by atoms with Gasteiger partial charge >= 0.3 is 0 Å². The summed E-state index contributed by atoms with van der Waals surface area (Å²) in [6.07, 6.45) is 3.40. The number of nitrogens with zero attached hydrogens (tertiary/aromatic N) is 2. The first-order chi connectivity index (χ1) is 13.8. The van der Waals surface area contributed by atoms with Crippen LogP contribution in [0.2, 0.25) is 0 Å². The molecule has 0 radical (unpaired) electrons. The molecule has 144 valence electrons. The third-order valence-electron chi connectivity index (χ3n) is 6.12. The predicted octanol–water partition coefficient (Wildman–Crippen LogP) is 5.32. The van der Waals surface area contributed by atoms with Crippen molar-refractivity contribution in [2.45, 2.75) is 38.8 Å². The Hall–Kier alpha value is -2.01. The van der Waals surface area contributed by atoms with Crippen LogP contribution in [0.4, 0.5) is 0 Å². The van der Waals surface area contributed by atoms with Gasteiger partial charge in [0.25, 0.3) is 0 Å². The average molecular weight is 391 g/mol. The Kier molecular flexibility index (Phi) is 5.02. The van der Waals surface area contributed by atoms with Crippen LogP contribution in [-0.2, 0) is 17.7 Å². The lowest BCUT2D eigenvalue weighted by Gasteiger charge is -2.36. The minimum absolute atomic E-state index is 0.676. The van der Waals surface area contributed by atoms with Gasteiger partial charge in [-0.1, -0.05) is 48.5 Å². The minimum atomic E-state index is 0.676. The quantitative estimate of drug-likeness (QED) is 0.605.